The maximum absolute atomic E-state index is 5.53. The first kappa shape index (κ1) is 13.5. The van der Waals surface area contributed by atoms with E-state index in [2.05, 4.69) is 26.3 Å². The summed E-state index contributed by atoms with van der Waals surface area (Å²) in [6, 6.07) is 4.62. The summed E-state index contributed by atoms with van der Waals surface area (Å²) < 4.78 is 10.5. The third-order valence-electron chi connectivity index (χ3n) is 2.27. The topological polar surface area (TPSA) is 69.2 Å². The van der Waals surface area contributed by atoms with Crippen LogP contribution in [0.5, 0.6) is 12.0 Å². The van der Waals surface area contributed by atoms with Crippen molar-refractivity contribution in [3.8, 4) is 12.0 Å². The Bertz CT molecular complexity index is 504. The zero-order chi connectivity index (χ0) is 13.5. The van der Waals surface area contributed by atoms with Crippen molar-refractivity contribution in [1.29, 1.82) is 0 Å². The second-order valence-corrected chi connectivity index (χ2v) is 4.67. The smallest absolute Gasteiger partial charge is 0.324 e. The Balaban J connectivity index is 1.96. The Morgan fingerprint density at radius 3 is 2.79 bits per heavy atom. The molecule has 0 unspecified atom stereocenters. The summed E-state index contributed by atoms with van der Waals surface area (Å²) in [6.07, 6.45) is 0.836. The van der Waals surface area contributed by atoms with E-state index in [0.29, 0.717) is 12.6 Å². The summed E-state index contributed by atoms with van der Waals surface area (Å²) in [4.78, 5) is 13.5. The van der Waals surface area contributed by atoms with Crippen molar-refractivity contribution in [2.45, 2.75) is 13.3 Å². The lowest BCUT2D eigenvalue weighted by Crippen LogP contribution is -2.09. The third kappa shape index (κ3) is 4.06. The molecule has 0 aromatic carbocycles. The van der Waals surface area contributed by atoms with Gasteiger partial charge in [0.15, 0.2) is 0 Å². The van der Waals surface area contributed by atoms with Crippen molar-refractivity contribution in [3.05, 3.63) is 22.4 Å². The summed E-state index contributed by atoms with van der Waals surface area (Å²) in [6.45, 7) is 3.22. The highest BCUT2D eigenvalue weighted by atomic mass is 32.1. The van der Waals surface area contributed by atoms with Crippen molar-refractivity contribution in [2.75, 3.05) is 25.6 Å². The van der Waals surface area contributed by atoms with Gasteiger partial charge in [-0.25, -0.2) is 0 Å². The lowest BCUT2D eigenvalue weighted by Gasteiger charge is -2.07. The molecular formula is C12H16N4O2S. The number of hydrogen-bond acceptors (Lipinski definition) is 7. The minimum absolute atomic E-state index is 0.247. The predicted octanol–water partition coefficient (Wildman–Crippen LogP) is 1.99. The first-order valence-corrected chi connectivity index (χ1v) is 6.89. The molecule has 0 fully saturated rings. The fourth-order valence-corrected chi connectivity index (χ4v) is 2.12. The highest BCUT2D eigenvalue weighted by Crippen LogP contribution is 2.14. The fourth-order valence-electron chi connectivity index (χ4n) is 1.43. The summed E-state index contributed by atoms with van der Waals surface area (Å²) in [5.74, 6) is 0.459. The Morgan fingerprint density at radius 1 is 1.26 bits per heavy atom. The average molecular weight is 280 g/mol. The Morgan fingerprint density at radius 2 is 2.11 bits per heavy atom. The molecule has 0 saturated heterocycles. The van der Waals surface area contributed by atoms with E-state index >= 15 is 0 Å². The normalized spacial score (nSPS) is 10.2. The van der Waals surface area contributed by atoms with Gasteiger partial charge in [0, 0.05) is 17.8 Å². The van der Waals surface area contributed by atoms with Gasteiger partial charge in [0.2, 0.25) is 5.95 Å². The van der Waals surface area contributed by atoms with E-state index in [4.69, 9.17) is 9.47 Å². The van der Waals surface area contributed by atoms with Gasteiger partial charge in [-0.3, -0.25) is 0 Å². The van der Waals surface area contributed by atoms with Gasteiger partial charge in [-0.1, -0.05) is 6.07 Å². The van der Waals surface area contributed by atoms with Gasteiger partial charge in [-0.15, -0.1) is 16.3 Å². The number of aromatic nitrogens is 3. The lowest BCUT2D eigenvalue weighted by molar-refractivity contribution is 0.285. The monoisotopic (exact) mass is 280 g/mol. The number of nitrogens with one attached hydrogen (secondary N) is 1. The summed E-state index contributed by atoms with van der Waals surface area (Å²) in [5, 5.41) is 5.05. The van der Waals surface area contributed by atoms with Crippen LogP contribution < -0.4 is 14.8 Å². The number of rotatable bonds is 7. The van der Waals surface area contributed by atoms with E-state index < -0.39 is 0 Å². The molecule has 2 heterocycles. The van der Waals surface area contributed by atoms with Crippen molar-refractivity contribution in [3.63, 3.8) is 0 Å². The van der Waals surface area contributed by atoms with E-state index in [1.165, 1.54) is 12.0 Å². The van der Waals surface area contributed by atoms with Crippen molar-refractivity contribution < 1.29 is 9.47 Å². The van der Waals surface area contributed by atoms with E-state index in [0.717, 1.165) is 13.0 Å². The zero-order valence-corrected chi connectivity index (χ0v) is 11.7. The van der Waals surface area contributed by atoms with Crippen LogP contribution in [0.2, 0.25) is 0 Å². The van der Waals surface area contributed by atoms with Crippen LogP contribution in [0.25, 0.3) is 0 Å². The second kappa shape index (κ2) is 6.89. The van der Waals surface area contributed by atoms with Gasteiger partial charge < -0.3 is 14.8 Å². The quantitative estimate of drug-likeness (QED) is 0.836. The van der Waals surface area contributed by atoms with E-state index in [9.17, 15) is 0 Å². The lowest BCUT2D eigenvalue weighted by atomic mass is 10.4. The molecule has 102 valence electrons. The van der Waals surface area contributed by atoms with Gasteiger partial charge in [-0.2, -0.15) is 9.97 Å². The molecule has 0 spiro atoms. The van der Waals surface area contributed by atoms with Crippen LogP contribution in [0.4, 0.5) is 5.95 Å². The number of anilines is 1. The second-order valence-electron chi connectivity index (χ2n) is 3.64. The highest BCUT2D eigenvalue weighted by molar-refractivity contribution is 7.09. The van der Waals surface area contributed by atoms with Crippen LogP contribution in [-0.2, 0) is 6.42 Å². The van der Waals surface area contributed by atoms with Crippen LogP contribution in [0, 0.1) is 0 Å². The van der Waals surface area contributed by atoms with Gasteiger partial charge in [0.05, 0.1) is 13.7 Å². The van der Waals surface area contributed by atoms with E-state index in [-0.39, 0.29) is 12.0 Å². The Kier molecular flexibility index (Phi) is 4.91. The maximum atomic E-state index is 5.53. The largest absolute Gasteiger partial charge is 0.467 e. The number of hydrogen-bond donors (Lipinski definition) is 1. The molecule has 2 aromatic heterocycles. The predicted molar refractivity (Wildman–Crippen MR) is 74.1 cm³/mol. The van der Waals surface area contributed by atoms with Crippen LogP contribution in [0.3, 0.4) is 0 Å². The van der Waals surface area contributed by atoms with Crippen LogP contribution in [0.1, 0.15) is 11.8 Å². The minimum Gasteiger partial charge on any atom is -0.467 e. The number of ether oxygens (including phenoxy) is 2. The number of nitrogens with zero attached hydrogens (tertiary/aromatic N) is 3. The molecule has 1 N–H and O–H groups in total. The molecule has 0 bridgehead atoms. The molecule has 0 atom stereocenters. The molecule has 0 aliphatic carbocycles. The molecule has 0 aliphatic rings. The number of methoxy groups -OCH3 is 1. The van der Waals surface area contributed by atoms with Crippen molar-refractivity contribution in [1.82, 2.24) is 15.0 Å². The third-order valence-corrected chi connectivity index (χ3v) is 3.21. The molecule has 19 heavy (non-hydrogen) atoms. The van der Waals surface area contributed by atoms with Crippen LogP contribution in [0.15, 0.2) is 17.5 Å². The molecule has 0 saturated carbocycles. The van der Waals surface area contributed by atoms with E-state index in [1.54, 1.807) is 11.3 Å². The molecule has 7 heteroatoms. The maximum Gasteiger partial charge on any atom is 0.324 e. The molecule has 0 amide bonds. The first-order chi connectivity index (χ1) is 9.31. The molecule has 0 radical (unpaired) electrons. The SMILES string of the molecule is CCNc1nc(OC)nc(OCCc2cccs2)n1. The molecule has 2 rings (SSSR count). The molecule has 2 aromatic rings. The number of thiophene rings is 1. The van der Waals surface area contributed by atoms with Crippen LogP contribution in [-0.4, -0.2) is 35.2 Å². The van der Waals surface area contributed by atoms with Gasteiger partial charge >= 0.3 is 12.0 Å². The van der Waals surface area contributed by atoms with E-state index in [1.807, 2.05) is 18.4 Å². The Hall–Kier alpha value is -1.89. The standard InChI is InChI=1S/C12H16N4O2S/c1-3-13-10-14-11(17-2)16-12(15-10)18-7-6-9-5-4-8-19-9/h4-5,8H,3,6-7H2,1-2H3,(H,13,14,15,16). The first-order valence-electron chi connectivity index (χ1n) is 6.01. The molecule has 6 nitrogen and oxygen atoms in total. The average Bonchev–Trinajstić information content (AvgIpc) is 2.92. The van der Waals surface area contributed by atoms with Crippen molar-refractivity contribution >= 4 is 17.3 Å². The molecular weight excluding hydrogens is 264 g/mol. The zero-order valence-electron chi connectivity index (χ0n) is 10.9. The summed E-state index contributed by atoms with van der Waals surface area (Å²) in [7, 11) is 1.51. The Labute approximate surface area is 115 Å². The van der Waals surface area contributed by atoms with Crippen molar-refractivity contribution in [2.24, 2.45) is 0 Å². The van der Waals surface area contributed by atoms with Gasteiger partial charge in [0.25, 0.3) is 0 Å². The fraction of sp³-hybridized carbons (Fsp3) is 0.417. The minimum atomic E-state index is 0.247. The summed E-state index contributed by atoms with van der Waals surface area (Å²) >= 11 is 1.71. The van der Waals surface area contributed by atoms with Crippen LogP contribution >= 0.6 is 11.3 Å². The highest BCUT2D eigenvalue weighted by Gasteiger charge is 2.07. The molecule has 0 aliphatic heterocycles. The van der Waals surface area contributed by atoms with Gasteiger partial charge in [0.1, 0.15) is 0 Å². The summed E-state index contributed by atoms with van der Waals surface area (Å²) in [5.41, 5.74) is 0. The van der Waals surface area contributed by atoms with Gasteiger partial charge in [-0.05, 0) is 18.4 Å².